The van der Waals surface area contributed by atoms with Crippen molar-refractivity contribution in [1.82, 2.24) is 0 Å². The Morgan fingerprint density at radius 1 is 1.12 bits per heavy atom. The molecular formula is C14H14N2O. The average molecular weight is 226 g/mol. The molecule has 0 atom stereocenters. The topological polar surface area (TPSA) is 55.1 Å². The molecule has 0 amide bonds. The highest BCUT2D eigenvalue weighted by molar-refractivity contribution is 6.01. The molecule has 0 aliphatic rings. The van der Waals surface area contributed by atoms with E-state index in [-0.39, 0.29) is 5.78 Å². The number of benzene rings is 2. The van der Waals surface area contributed by atoms with Gasteiger partial charge < -0.3 is 11.1 Å². The molecule has 2 rings (SSSR count). The van der Waals surface area contributed by atoms with E-state index in [9.17, 15) is 4.79 Å². The molecule has 3 nitrogen and oxygen atoms in total. The third-order valence-electron chi connectivity index (χ3n) is 2.48. The normalized spacial score (nSPS) is 9.94. The summed E-state index contributed by atoms with van der Waals surface area (Å²) in [4.78, 5) is 11.5. The lowest BCUT2D eigenvalue weighted by atomic mass is 10.1. The van der Waals surface area contributed by atoms with Crippen LogP contribution in [0.25, 0.3) is 0 Å². The number of carbonyl (C=O) groups excluding carboxylic acids is 1. The molecule has 0 fully saturated rings. The fraction of sp³-hybridized carbons (Fsp3) is 0.0714. The highest BCUT2D eigenvalue weighted by atomic mass is 16.1. The van der Waals surface area contributed by atoms with Crippen LogP contribution in [0.15, 0.2) is 48.5 Å². The van der Waals surface area contributed by atoms with Gasteiger partial charge in [-0.15, -0.1) is 0 Å². The zero-order valence-electron chi connectivity index (χ0n) is 9.60. The van der Waals surface area contributed by atoms with Crippen LogP contribution in [0.1, 0.15) is 17.3 Å². The van der Waals surface area contributed by atoms with Crippen molar-refractivity contribution in [3.8, 4) is 0 Å². The third kappa shape index (κ3) is 2.64. The van der Waals surface area contributed by atoms with E-state index in [1.54, 1.807) is 12.1 Å². The van der Waals surface area contributed by atoms with Crippen LogP contribution in [-0.4, -0.2) is 5.78 Å². The summed E-state index contributed by atoms with van der Waals surface area (Å²) >= 11 is 0. The van der Waals surface area contributed by atoms with E-state index in [0.29, 0.717) is 11.3 Å². The van der Waals surface area contributed by atoms with Crippen molar-refractivity contribution >= 4 is 22.8 Å². The summed E-state index contributed by atoms with van der Waals surface area (Å²) in [5.74, 6) is -0.00395. The van der Waals surface area contributed by atoms with Gasteiger partial charge in [0.1, 0.15) is 0 Å². The maximum atomic E-state index is 11.5. The van der Waals surface area contributed by atoms with Crippen molar-refractivity contribution in [1.29, 1.82) is 0 Å². The minimum Gasteiger partial charge on any atom is -0.399 e. The third-order valence-corrected chi connectivity index (χ3v) is 2.48. The highest BCUT2D eigenvalue weighted by Gasteiger charge is 2.07. The summed E-state index contributed by atoms with van der Waals surface area (Å²) in [5, 5.41) is 3.20. The Morgan fingerprint density at radius 2 is 1.82 bits per heavy atom. The Labute approximate surface area is 100 Å². The van der Waals surface area contributed by atoms with E-state index in [1.165, 1.54) is 6.92 Å². The smallest absolute Gasteiger partial charge is 0.161 e. The fourth-order valence-electron chi connectivity index (χ4n) is 1.64. The lowest BCUT2D eigenvalue weighted by Crippen LogP contribution is -2.01. The van der Waals surface area contributed by atoms with Crippen molar-refractivity contribution in [2.24, 2.45) is 0 Å². The van der Waals surface area contributed by atoms with Crippen molar-refractivity contribution in [3.05, 3.63) is 54.1 Å². The van der Waals surface area contributed by atoms with E-state index in [2.05, 4.69) is 5.32 Å². The van der Waals surface area contributed by atoms with Gasteiger partial charge in [0.05, 0.1) is 0 Å². The van der Waals surface area contributed by atoms with Crippen molar-refractivity contribution < 1.29 is 4.79 Å². The highest BCUT2D eigenvalue weighted by Crippen LogP contribution is 2.23. The van der Waals surface area contributed by atoms with E-state index in [0.717, 1.165) is 11.4 Å². The van der Waals surface area contributed by atoms with Crippen molar-refractivity contribution in [2.45, 2.75) is 6.92 Å². The first kappa shape index (κ1) is 11.2. The number of hydrogen-bond acceptors (Lipinski definition) is 3. The lowest BCUT2D eigenvalue weighted by Gasteiger charge is -2.10. The number of ketones is 1. The number of nitrogens with one attached hydrogen (secondary N) is 1. The first-order chi connectivity index (χ1) is 8.16. The van der Waals surface area contributed by atoms with Crippen LogP contribution in [-0.2, 0) is 0 Å². The van der Waals surface area contributed by atoms with Gasteiger partial charge in [0.2, 0.25) is 0 Å². The molecular weight excluding hydrogens is 212 g/mol. The van der Waals surface area contributed by atoms with E-state index in [1.807, 2.05) is 36.4 Å². The van der Waals surface area contributed by atoms with Gasteiger partial charge in [-0.3, -0.25) is 4.79 Å². The molecule has 0 aromatic heterocycles. The largest absolute Gasteiger partial charge is 0.399 e. The van der Waals surface area contributed by atoms with E-state index in [4.69, 9.17) is 5.73 Å². The number of nitrogens with two attached hydrogens (primary N) is 1. The quantitative estimate of drug-likeness (QED) is 0.624. The van der Waals surface area contributed by atoms with Gasteiger partial charge in [-0.25, -0.2) is 0 Å². The molecule has 2 aromatic rings. The summed E-state index contributed by atoms with van der Waals surface area (Å²) in [7, 11) is 0. The molecule has 0 bridgehead atoms. The summed E-state index contributed by atoms with van der Waals surface area (Å²) in [5.41, 5.74) is 8.60. The first-order valence-corrected chi connectivity index (χ1v) is 5.39. The van der Waals surface area contributed by atoms with Crippen LogP contribution in [0.3, 0.4) is 0 Å². The van der Waals surface area contributed by atoms with Crippen LogP contribution in [0.2, 0.25) is 0 Å². The Hall–Kier alpha value is -2.29. The van der Waals surface area contributed by atoms with Gasteiger partial charge in [-0.1, -0.05) is 18.2 Å². The maximum Gasteiger partial charge on any atom is 0.161 e. The molecule has 0 unspecified atom stereocenters. The number of nitrogen functional groups attached to an aromatic ring is 1. The molecule has 0 aliphatic heterocycles. The second kappa shape index (κ2) is 4.70. The molecule has 3 heteroatoms. The van der Waals surface area contributed by atoms with Gasteiger partial charge >= 0.3 is 0 Å². The van der Waals surface area contributed by atoms with E-state index >= 15 is 0 Å². The Bertz CT molecular complexity index is 535. The molecule has 0 saturated carbocycles. The molecule has 3 N–H and O–H groups in total. The predicted octanol–water partition coefficient (Wildman–Crippen LogP) is 3.22. The van der Waals surface area contributed by atoms with Crippen LogP contribution in [0.4, 0.5) is 17.1 Å². The SMILES string of the molecule is CC(=O)c1cc(N)ccc1Nc1ccccc1. The molecule has 0 saturated heterocycles. The summed E-state index contributed by atoms with van der Waals surface area (Å²) in [6.07, 6.45) is 0. The van der Waals surface area contributed by atoms with Gasteiger partial charge in [0.25, 0.3) is 0 Å². The zero-order valence-corrected chi connectivity index (χ0v) is 9.60. The number of hydrogen-bond donors (Lipinski definition) is 2. The summed E-state index contributed by atoms with van der Waals surface area (Å²) in [6.45, 7) is 1.53. The maximum absolute atomic E-state index is 11.5. The van der Waals surface area contributed by atoms with Crippen LogP contribution in [0, 0.1) is 0 Å². The molecule has 0 radical (unpaired) electrons. The number of rotatable bonds is 3. The predicted molar refractivity (Wildman–Crippen MR) is 70.6 cm³/mol. The zero-order chi connectivity index (χ0) is 12.3. The Kier molecular flexibility index (Phi) is 3.10. The van der Waals surface area contributed by atoms with Crippen molar-refractivity contribution in [2.75, 3.05) is 11.1 Å². The molecule has 86 valence electrons. The minimum absolute atomic E-state index is 0.00395. The average Bonchev–Trinajstić information content (AvgIpc) is 2.32. The number of Topliss-reactive ketones (excluding diaryl/α,β-unsaturated/α-hetero) is 1. The fourth-order valence-corrected chi connectivity index (χ4v) is 1.64. The molecule has 0 aliphatic carbocycles. The standard InChI is InChI=1S/C14H14N2O/c1-10(17)13-9-11(15)7-8-14(13)16-12-5-3-2-4-6-12/h2-9,16H,15H2,1H3. The van der Waals surface area contributed by atoms with Crippen LogP contribution in [0.5, 0.6) is 0 Å². The Balaban J connectivity index is 2.36. The molecule has 17 heavy (non-hydrogen) atoms. The number of anilines is 3. The lowest BCUT2D eigenvalue weighted by molar-refractivity contribution is 0.101. The second-order valence-corrected chi connectivity index (χ2v) is 3.85. The monoisotopic (exact) mass is 226 g/mol. The summed E-state index contributed by atoms with van der Waals surface area (Å²) < 4.78 is 0. The molecule has 2 aromatic carbocycles. The van der Waals surface area contributed by atoms with Crippen LogP contribution < -0.4 is 11.1 Å². The Morgan fingerprint density at radius 3 is 2.47 bits per heavy atom. The van der Waals surface area contributed by atoms with E-state index < -0.39 is 0 Å². The molecule has 0 spiro atoms. The van der Waals surface area contributed by atoms with Gasteiger partial charge in [0.15, 0.2) is 5.78 Å². The van der Waals surface area contributed by atoms with Gasteiger partial charge in [-0.2, -0.15) is 0 Å². The number of carbonyl (C=O) groups is 1. The second-order valence-electron chi connectivity index (χ2n) is 3.85. The molecule has 0 heterocycles. The van der Waals surface area contributed by atoms with Crippen molar-refractivity contribution in [3.63, 3.8) is 0 Å². The first-order valence-electron chi connectivity index (χ1n) is 5.39. The van der Waals surface area contributed by atoms with Crippen LogP contribution >= 0.6 is 0 Å². The van der Waals surface area contributed by atoms with Gasteiger partial charge in [-0.05, 0) is 37.3 Å². The number of para-hydroxylation sites is 1. The minimum atomic E-state index is -0.00395. The van der Waals surface area contributed by atoms with Gasteiger partial charge in [0, 0.05) is 22.6 Å². The summed E-state index contributed by atoms with van der Waals surface area (Å²) in [6, 6.07) is 15.0.